The third-order valence-corrected chi connectivity index (χ3v) is 6.37. The first-order chi connectivity index (χ1) is 11.9. The molecule has 0 saturated carbocycles. The first-order valence-corrected chi connectivity index (χ1v) is 9.58. The molecule has 0 unspecified atom stereocenters. The van der Waals surface area contributed by atoms with Gasteiger partial charge in [0.2, 0.25) is 10.0 Å². The Kier molecular flexibility index (Phi) is 5.17. The van der Waals surface area contributed by atoms with E-state index in [0.717, 1.165) is 23.6 Å². The highest BCUT2D eigenvalue weighted by molar-refractivity contribution is 7.89. The third-order valence-electron chi connectivity index (χ3n) is 4.19. The molecule has 25 heavy (non-hydrogen) atoms. The molecule has 0 aromatic heterocycles. The van der Waals surface area contributed by atoms with Gasteiger partial charge in [-0.15, -0.1) is 0 Å². The molecule has 2 aromatic rings. The normalized spacial score (nSPS) is 16.0. The fraction of sp³-hybridized carbons (Fsp3) is 0.294. The molecular weight excluding hydrogens is 367 g/mol. The molecule has 1 fully saturated rings. The lowest BCUT2D eigenvalue weighted by Crippen LogP contribution is -2.48. The van der Waals surface area contributed by atoms with Crippen molar-refractivity contribution in [2.24, 2.45) is 0 Å². The molecule has 0 radical (unpaired) electrons. The molecule has 0 bridgehead atoms. The molecule has 8 heteroatoms. The van der Waals surface area contributed by atoms with Crippen LogP contribution in [0.4, 0.5) is 10.1 Å². The van der Waals surface area contributed by atoms with E-state index in [1.165, 1.54) is 10.4 Å². The predicted molar refractivity (Wildman–Crippen MR) is 95.4 cm³/mol. The molecule has 0 amide bonds. The Labute approximate surface area is 151 Å². The molecule has 1 aliphatic rings. The highest BCUT2D eigenvalue weighted by Gasteiger charge is 2.29. The van der Waals surface area contributed by atoms with E-state index in [1.54, 1.807) is 7.11 Å². The lowest BCUT2D eigenvalue weighted by molar-refractivity contribution is 0.384. The van der Waals surface area contributed by atoms with Crippen LogP contribution in [-0.2, 0) is 10.0 Å². The van der Waals surface area contributed by atoms with Gasteiger partial charge in [-0.05, 0) is 30.3 Å². The summed E-state index contributed by atoms with van der Waals surface area (Å²) in [7, 11) is -2.08. The maximum absolute atomic E-state index is 13.3. The number of ether oxygens (including phenoxy) is 1. The Morgan fingerprint density at radius 3 is 2.44 bits per heavy atom. The topological polar surface area (TPSA) is 49.9 Å². The SMILES string of the molecule is COc1cccc(N2CCN(S(=O)(=O)c3ccc(F)c(Cl)c3)CC2)c1. The van der Waals surface area contributed by atoms with Crippen molar-refractivity contribution < 1.29 is 17.5 Å². The highest BCUT2D eigenvalue weighted by Crippen LogP contribution is 2.26. The first kappa shape index (κ1) is 18.0. The van der Waals surface area contributed by atoms with Crippen LogP contribution in [0, 0.1) is 5.82 Å². The average Bonchev–Trinajstić information content (AvgIpc) is 2.64. The van der Waals surface area contributed by atoms with Crippen molar-refractivity contribution in [3.8, 4) is 5.75 Å². The fourth-order valence-electron chi connectivity index (χ4n) is 2.78. The summed E-state index contributed by atoms with van der Waals surface area (Å²) < 4.78 is 45.3. The van der Waals surface area contributed by atoms with Crippen LogP contribution in [0.2, 0.25) is 5.02 Å². The van der Waals surface area contributed by atoms with E-state index in [2.05, 4.69) is 4.90 Å². The van der Waals surface area contributed by atoms with E-state index in [-0.39, 0.29) is 9.92 Å². The lowest BCUT2D eigenvalue weighted by atomic mass is 10.2. The van der Waals surface area contributed by atoms with Crippen molar-refractivity contribution in [3.05, 3.63) is 53.3 Å². The van der Waals surface area contributed by atoms with Gasteiger partial charge in [0.25, 0.3) is 0 Å². The van der Waals surface area contributed by atoms with Gasteiger partial charge in [0.15, 0.2) is 0 Å². The second kappa shape index (κ2) is 7.19. The van der Waals surface area contributed by atoms with Crippen LogP contribution >= 0.6 is 11.6 Å². The third kappa shape index (κ3) is 3.73. The standard InChI is InChI=1S/C17H18ClFN2O3S/c1-24-14-4-2-3-13(11-14)20-7-9-21(10-8-20)25(22,23)15-5-6-17(19)16(18)12-15/h2-6,11-12H,7-10H2,1H3. The van der Waals surface area contributed by atoms with Crippen molar-refractivity contribution in [2.75, 3.05) is 38.2 Å². The first-order valence-electron chi connectivity index (χ1n) is 7.76. The highest BCUT2D eigenvalue weighted by atomic mass is 35.5. The molecule has 1 heterocycles. The van der Waals surface area contributed by atoms with Crippen LogP contribution in [0.3, 0.4) is 0 Å². The number of hydrogen-bond donors (Lipinski definition) is 0. The van der Waals surface area contributed by atoms with Crippen LogP contribution in [0.25, 0.3) is 0 Å². The molecule has 134 valence electrons. The molecule has 3 rings (SSSR count). The monoisotopic (exact) mass is 384 g/mol. The smallest absolute Gasteiger partial charge is 0.243 e. The van der Waals surface area contributed by atoms with Crippen molar-refractivity contribution in [1.29, 1.82) is 0 Å². The fourth-order valence-corrected chi connectivity index (χ4v) is 4.47. The number of halogens is 2. The molecular formula is C17H18ClFN2O3S. The van der Waals surface area contributed by atoms with Crippen molar-refractivity contribution in [2.45, 2.75) is 4.90 Å². The van der Waals surface area contributed by atoms with Gasteiger partial charge >= 0.3 is 0 Å². The summed E-state index contributed by atoms with van der Waals surface area (Å²) in [6.45, 7) is 1.80. The number of anilines is 1. The van der Waals surface area contributed by atoms with Crippen LogP contribution in [0.15, 0.2) is 47.4 Å². The predicted octanol–water partition coefficient (Wildman–Crippen LogP) is 3.00. The number of rotatable bonds is 4. The Morgan fingerprint density at radius 1 is 1.08 bits per heavy atom. The summed E-state index contributed by atoms with van der Waals surface area (Å²) in [4.78, 5) is 2.11. The zero-order valence-corrected chi connectivity index (χ0v) is 15.2. The number of methoxy groups -OCH3 is 1. The second-order valence-electron chi connectivity index (χ2n) is 5.67. The Bertz CT molecular complexity index is 868. The van der Waals surface area contributed by atoms with E-state index in [0.29, 0.717) is 26.2 Å². The molecule has 0 atom stereocenters. The van der Waals surface area contributed by atoms with Crippen molar-refractivity contribution >= 4 is 27.3 Å². The van der Waals surface area contributed by atoms with Gasteiger partial charge in [-0.25, -0.2) is 12.8 Å². The van der Waals surface area contributed by atoms with E-state index in [9.17, 15) is 12.8 Å². The summed E-state index contributed by atoms with van der Waals surface area (Å²) >= 11 is 5.71. The summed E-state index contributed by atoms with van der Waals surface area (Å²) in [5.41, 5.74) is 0.987. The van der Waals surface area contributed by atoms with Crippen molar-refractivity contribution in [1.82, 2.24) is 4.31 Å². The molecule has 0 spiro atoms. The van der Waals surface area contributed by atoms with Gasteiger partial charge in [-0.2, -0.15) is 4.31 Å². The van der Waals surface area contributed by atoms with E-state index in [1.807, 2.05) is 24.3 Å². The molecule has 2 aromatic carbocycles. The van der Waals surface area contributed by atoms with Gasteiger partial charge in [-0.3, -0.25) is 0 Å². The van der Waals surface area contributed by atoms with E-state index in [4.69, 9.17) is 16.3 Å². The lowest BCUT2D eigenvalue weighted by Gasteiger charge is -2.35. The maximum Gasteiger partial charge on any atom is 0.243 e. The zero-order valence-electron chi connectivity index (χ0n) is 13.7. The minimum atomic E-state index is -3.69. The molecule has 0 aliphatic carbocycles. The average molecular weight is 385 g/mol. The quantitative estimate of drug-likeness (QED) is 0.813. The number of sulfonamides is 1. The number of hydrogen-bond acceptors (Lipinski definition) is 4. The van der Waals surface area contributed by atoms with Gasteiger partial charge in [0.05, 0.1) is 17.0 Å². The number of piperazine rings is 1. The molecule has 0 N–H and O–H groups in total. The van der Waals surface area contributed by atoms with E-state index >= 15 is 0 Å². The van der Waals surface area contributed by atoms with Crippen LogP contribution < -0.4 is 9.64 Å². The maximum atomic E-state index is 13.3. The van der Waals surface area contributed by atoms with Gasteiger partial charge in [0.1, 0.15) is 11.6 Å². The molecule has 5 nitrogen and oxygen atoms in total. The molecule has 1 aliphatic heterocycles. The van der Waals surface area contributed by atoms with Gasteiger partial charge in [0, 0.05) is 37.9 Å². The van der Waals surface area contributed by atoms with Crippen LogP contribution in [-0.4, -0.2) is 46.0 Å². The second-order valence-corrected chi connectivity index (χ2v) is 8.01. The van der Waals surface area contributed by atoms with Gasteiger partial charge < -0.3 is 9.64 Å². The Morgan fingerprint density at radius 2 is 1.80 bits per heavy atom. The summed E-state index contributed by atoms with van der Waals surface area (Å²) in [5.74, 6) is 0.122. The summed E-state index contributed by atoms with van der Waals surface area (Å²) in [6.07, 6.45) is 0. The summed E-state index contributed by atoms with van der Waals surface area (Å²) in [5, 5.41) is -0.198. The summed E-state index contributed by atoms with van der Waals surface area (Å²) in [6, 6.07) is 11.1. The van der Waals surface area contributed by atoms with Crippen LogP contribution in [0.5, 0.6) is 5.75 Å². The number of nitrogens with zero attached hydrogens (tertiary/aromatic N) is 2. The van der Waals surface area contributed by atoms with Crippen LogP contribution in [0.1, 0.15) is 0 Å². The van der Waals surface area contributed by atoms with E-state index < -0.39 is 15.8 Å². The molecule has 1 saturated heterocycles. The number of benzene rings is 2. The minimum absolute atomic E-state index is 0.00808. The van der Waals surface area contributed by atoms with Crippen molar-refractivity contribution in [3.63, 3.8) is 0 Å². The zero-order chi connectivity index (χ0) is 18.0. The minimum Gasteiger partial charge on any atom is -0.497 e. The Balaban J connectivity index is 1.73. The van der Waals surface area contributed by atoms with Gasteiger partial charge in [-0.1, -0.05) is 17.7 Å². The largest absolute Gasteiger partial charge is 0.497 e. The Hall–Kier alpha value is -1.83.